The highest BCUT2D eigenvalue weighted by atomic mass is 32.2. The zero-order valence-electron chi connectivity index (χ0n) is 12.1. The number of hydrogen-bond donors (Lipinski definition) is 1. The summed E-state index contributed by atoms with van der Waals surface area (Å²) in [4.78, 5) is 6.17. The van der Waals surface area contributed by atoms with E-state index in [2.05, 4.69) is 16.8 Å². The highest BCUT2D eigenvalue weighted by Gasteiger charge is 2.35. The van der Waals surface area contributed by atoms with Gasteiger partial charge in [0, 0.05) is 30.5 Å². The summed E-state index contributed by atoms with van der Waals surface area (Å²) < 4.78 is 23.4. The lowest BCUT2D eigenvalue weighted by molar-refractivity contribution is 0.161. The Labute approximate surface area is 121 Å². The molecule has 2 N–H and O–H groups in total. The summed E-state index contributed by atoms with van der Waals surface area (Å²) in [5, 5.41) is 0. The quantitative estimate of drug-likeness (QED) is 0.876. The maximum Gasteiger partial charge on any atom is 0.151 e. The van der Waals surface area contributed by atoms with Crippen LogP contribution in [0.3, 0.4) is 0 Å². The van der Waals surface area contributed by atoms with Crippen molar-refractivity contribution >= 4 is 9.84 Å². The second kappa shape index (κ2) is 6.20. The molecule has 112 valence electrons. The summed E-state index contributed by atoms with van der Waals surface area (Å²) in [6.45, 7) is 2.05. The Morgan fingerprint density at radius 2 is 2.10 bits per heavy atom. The fraction of sp³-hybridized carbons (Fsp3) is 0.643. The van der Waals surface area contributed by atoms with E-state index in [1.165, 1.54) is 0 Å². The third kappa shape index (κ3) is 3.37. The third-order valence-electron chi connectivity index (χ3n) is 4.15. The van der Waals surface area contributed by atoms with Crippen LogP contribution in [0.2, 0.25) is 0 Å². The molecule has 1 fully saturated rings. The van der Waals surface area contributed by atoms with E-state index in [0.29, 0.717) is 6.42 Å². The van der Waals surface area contributed by atoms with E-state index in [0.717, 1.165) is 12.0 Å². The lowest BCUT2D eigenvalue weighted by atomic mass is 9.96. The van der Waals surface area contributed by atoms with Gasteiger partial charge < -0.3 is 5.73 Å². The van der Waals surface area contributed by atoms with Gasteiger partial charge in [-0.25, -0.2) is 8.42 Å². The van der Waals surface area contributed by atoms with E-state index in [1.807, 2.05) is 19.2 Å². The van der Waals surface area contributed by atoms with Gasteiger partial charge in [0.2, 0.25) is 0 Å². The molecule has 0 spiro atoms. The molecule has 6 heteroatoms. The number of nitrogens with two attached hydrogens (primary N) is 1. The van der Waals surface area contributed by atoms with Crippen LogP contribution in [-0.4, -0.2) is 48.9 Å². The summed E-state index contributed by atoms with van der Waals surface area (Å²) in [7, 11) is -0.905. The van der Waals surface area contributed by atoms with Gasteiger partial charge in [-0.1, -0.05) is 6.92 Å². The van der Waals surface area contributed by atoms with Crippen molar-refractivity contribution in [3.8, 4) is 0 Å². The highest BCUT2D eigenvalue weighted by Crippen LogP contribution is 2.29. The van der Waals surface area contributed by atoms with Gasteiger partial charge in [-0.05, 0) is 37.6 Å². The number of nitrogens with zero attached hydrogens (tertiary/aromatic N) is 2. The highest BCUT2D eigenvalue weighted by molar-refractivity contribution is 7.91. The molecule has 1 saturated heterocycles. The first-order valence-corrected chi connectivity index (χ1v) is 8.84. The molecule has 1 aromatic heterocycles. The Bertz CT molecular complexity index is 533. The second-order valence-corrected chi connectivity index (χ2v) is 7.75. The van der Waals surface area contributed by atoms with Crippen LogP contribution < -0.4 is 5.73 Å². The molecule has 0 aromatic carbocycles. The predicted octanol–water partition coefficient (Wildman–Crippen LogP) is 0.979. The summed E-state index contributed by atoms with van der Waals surface area (Å²) >= 11 is 0. The smallest absolute Gasteiger partial charge is 0.151 e. The normalized spacial score (nSPS) is 24.7. The van der Waals surface area contributed by atoms with E-state index in [-0.39, 0.29) is 29.6 Å². The van der Waals surface area contributed by atoms with Crippen LogP contribution >= 0.6 is 0 Å². The molecule has 20 heavy (non-hydrogen) atoms. The van der Waals surface area contributed by atoms with Gasteiger partial charge in [-0.15, -0.1) is 0 Å². The Morgan fingerprint density at radius 1 is 1.45 bits per heavy atom. The van der Waals surface area contributed by atoms with Crippen LogP contribution in [0.4, 0.5) is 0 Å². The van der Waals surface area contributed by atoms with Crippen molar-refractivity contribution < 1.29 is 8.42 Å². The first-order valence-electron chi connectivity index (χ1n) is 7.02. The number of likely N-dealkylation sites (N-methyl/N-ethyl adjacent to an activating group) is 1. The van der Waals surface area contributed by atoms with Crippen molar-refractivity contribution in [2.24, 2.45) is 5.73 Å². The van der Waals surface area contributed by atoms with Gasteiger partial charge >= 0.3 is 0 Å². The van der Waals surface area contributed by atoms with Crippen LogP contribution in [0.25, 0.3) is 0 Å². The molecule has 2 rings (SSSR count). The minimum absolute atomic E-state index is 0.0225. The Kier molecular flexibility index (Phi) is 4.78. The fourth-order valence-corrected chi connectivity index (χ4v) is 4.68. The van der Waals surface area contributed by atoms with Crippen molar-refractivity contribution in [2.75, 3.05) is 18.6 Å². The van der Waals surface area contributed by atoms with Crippen LogP contribution in [0.15, 0.2) is 24.5 Å². The van der Waals surface area contributed by atoms with Crippen molar-refractivity contribution in [1.29, 1.82) is 0 Å². The summed E-state index contributed by atoms with van der Waals surface area (Å²) in [6, 6.07) is 3.98. The molecule has 0 saturated carbocycles. The van der Waals surface area contributed by atoms with Gasteiger partial charge in [0.1, 0.15) is 0 Å². The molecule has 3 unspecified atom stereocenters. The van der Waals surface area contributed by atoms with Crippen LogP contribution in [0.5, 0.6) is 0 Å². The average Bonchev–Trinajstić information content (AvgIpc) is 2.80. The minimum atomic E-state index is -2.88. The molecular formula is C14H23N3O2S. The standard InChI is InChI=1S/C14H23N3O2S/c1-3-13(15)14(11-4-7-16-8-5-11)17(2)12-6-9-20(18,19)10-12/h4-5,7-8,12-14H,3,6,9-10,15H2,1-2H3. The zero-order valence-corrected chi connectivity index (χ0v) is 12.9. The third-order valence-corrected chi connectivity index (χ3v) is 5.90. The lowest BCUT2D eigenvalue weighted by Crippen LogP contribution is -2.44. The average molecular weight is 297 g/mol. The Hall–Kier alpha value is -0.980. The van der Waals surface area contributed by atoms with Crippen molar-refractivity contribution in [2.45, 2.75) is 37.9 Å². The lowest BCUT2D eigenvalue weighted by Gasteiger charge is -2.36. The molecule has 5 nitrogen and oxygen atoms in total. The molecule has 1 aliphatic rings. The first-order chi connectivity index (χ1) is 9.44. The monoisotopic (exact) mass is 297 g/mol. The van der Waals surface area contributed by atoms with Crippen LogP contribution in [0.1, 0.15) is 31.4 Å². The van der Waals surface area contributed by atoms with E-state index in [4.69, 9.17) is 5.73 Å². The van der Waals surface area contributed by atoms with Crippen LogP contribution in [0, 0.1) is 0 Å². The van der Waals surface area contributed by atoms with E-state index in [1.54, 1.807) is 12.4 Å². The fourth-order valence-electron chi connectivity index (χ4n) is 2.89. The number of hydrogen-bond acceptors (Lipinski definition) is 5. The van der Waals surface area contributed by atoms with Crippen molar-refractivity contribution in [1.82, 2.24) is 9.88 Å². The largest absolute Gasteiger partial charge is 0.326 e. The number of aromatic nitrogens is 1. The van der Waals surface area contributed by atoms with Crippen molar-refractivity contribution in [3.05, 3.63) is 30.1 Å². The second-order valence-electron chi connectivity index (χ2n) is 5.52. The Morgan fingerprint density at radius 3 is 2.60 bits per heavy atom. The van der Waals surface area contributed by atoms with E-state index < -0.39 is 9.84 Å². The molecule has 0 amide bonds. The van der Waals surface area contributed by atoms with Gasteiger partial charge in [0.25, 0.3) is 0 Å². The summed E-state index contributed by atoms with van der Waals surface area (Å²) in [5.74, 6) is 0.522. The number of pyridine rings is 1. The molecule has 1 aliphatic heterocycles. The first kappa shape index (κ1) is 15.4. The van der Waals surface area contributed by atoms with Gasteiger partial charge in [0.15, 0.2) is 9.84 Å². The summed E-state index contributed by atoms with van der Waals surface area (Å²) in [6.07, 6.45) is 5.04. The SMILES string of the molecule is CCC(N)C(c1ccncc1)N(C)C1CCS(=O)(=O)C1. The molecule has 0 radical (unpaired) electrons. The molecule has 2 heterocycles. The van der Waals surface area contributed by atoms with E-state index in [9.17, 15) is 8.42 Å². The molecule has 1 aromatic rings. The maximum atomic E-state index is 11.7. The molecule has 0 aliphatic carbocycles. The number of rotatable bonds is 5. The maximum absolute atomic E-state index is 11.7. The summed E-state index contributed by atoms with van der Waals surface area (Å²) in [5.41, 5.74) is 7.37. The van der Waals surface area contributed by atoms with Gasteiger partial charge in [-0.3, -0.25) is 9.88 Å². The topological polar surface area (TPSA) is 76.3 Å². The molecule has 3 atom stereocenters. The number of sulfone groups is 1. The van der Waals surface area contributed by atoms with E-state index >= 15 is 0 Å². The van der Waals surface area contributed by atoms with Crippen LogP contribution in [-0.2, 0) is 9.84 Å². The predicted molar refractivity (Wildman–Crippen MR) is 80.1 cm³/mol. The zero-order chi connectivity index (χ0) is 14.8. The van der Waals surface area contributed by atoms with Gasteiger partial charge in [0.05, 0.1) is 11.5 Å². The molecule has 0 bridgehead atoms. The molecular weight excluding hydrogens is 274 g/mol. The van der Waals surface area contributed by atoms with Gasteiger partial charge in [-0.2, -0.15) is 0 Å². The Balaban J connectivity index is 2.23. The minimum Gasteiger partial charge on any atom is -0.326 e. The van der Waals surface area contributed by atoms with Crippen molar-refractivity contribution in [3.63, 3.8) is 0 Å².